The van der Waals surface area contributed by atoms with E-state index in [2.05, 4.69) is 41.9 Å². The molecule has 1 atom stereocenters. The molecular formula is C23H21BrF3N5O3. The molecule has 2 amide bonds. The number of aromatic nitrogens is 1. The van der Waals surface area contributed by atoms with E-state index >= 15 is 0 Å². The maximum absolute atomic E-state index is 13.3. The summed E-state index contributed by atoms with van der Waals surface area (Å²) in [6.07, 6.45) is 1.96. The minimum Gasteiger partial charge on any atom is -0.374 e. The lowest BCUT2D eigenvalue weighted by Crippen LogP contribution is -2.56. The van der Waals surface area contributed by atoms with E-state index in [0.717, 1.165) is 6.07 Å². The zero-order chi connectivity index (χ0) is 25.3. The van der Waals surface area contributed by atoms with E-state index in [1.165, 1.54) is 36.7 Å². The number of hydrogen-bond donors (Lipinski definition) is 4. The Hall–Kier alpha value is -3.25. The van der Waals surface area contributed by atoms with Crippen molar-refractivity contribution < 1.29 is 27.9 Å². The molecule has 1 aromatic heterocycles. The number of aliphatic hydroxyl groups is 1. The molecule has 8 nitrogen and oxygen atoms in total. The molecule has 2 aromatic rings. The maximum atomic E-state index is 13.3. The highest BCUT2D eigenvalue weighted by Gasteiger charge is 2.53. The molecule has 1 aromatic carbocycles. The molecule has 35 heavy (non-hydrogen) atoms. The quantitative estimate of drug-likeness (QED) is 0.421. The van der Waals surface area contributed by atoms with E-state index in [-0.39, 0.29) is 18.8 Å². The Morgan fingerprint density at radius 2 is 1.91 bits per heavy atom. The Bertz CT molecular complexity index is 1200. The first-order valence-corrected chi connectivity index (χ1v) is 11.4. The number of carbonyl (C=O) groups excluding carboxylic acids is 2. The van der Waals surface area contributed by atoms with Crippen molar-refractivity contribution in [2.75, 3.05) is 11.9 Å². The number of nitrogens with one attached hydrogen (secondary N) is 3. The first-order valence-electron chi connectivity index (χ1n) is 10.6. The summed E-state index contributed by atoms with van der Waals surface area (Å²) in [6.45, 7) is -0.0701. The van der Waals surface area contributed by atoms with Gasteiger partial charge in [-0.25, -0.2) is 0 Å². The van der Waals surface area contributed by atoms with Crippen molar-refractivity contribution in [3.63, 3.8) is 0 Å². The van der Waals surface area contributed by atoms with Crippen molar-refractivity contribution >= 4 is 45.3 Å². The number of dihydropyridines is 1. The van der Waals surface area contributed by atoms with Crippen molar-refractivity contribution in [1.29, 1.82) is 0 Å². The largest absolute Gasteiger partial charge is 0.418 e. The molecule has 2 aliphatic rings. The summed E-state index contributed by atoms with van der Waals surface area (Å²) in [5.74, 6) is -1.11. The van der Waals surface area contributed by atoms with Crippen LogP contribution in [0.15, 0.2) is 58.1 Å². The predicted molar refractivity (Wildman–Crippen MR) is 126 cm³/mol. The molecule has 1 saturated carbocycles. The molecule has 0 saturated heterocycles. The van der Waals surface area contributed by atoms with Gasteiger partial charge in [0.05, 0.1) is 41.9 Å². The second-order valence-electron chi connectivity index (χ2n) is 8.34. The van der Waals surface area contributed by atoms with Crippen LogP contribution in [0.1, 0.15) is 24.1 Å². The van der Waals surface area contributed by atoms with Crippen LogP contribution in [0.2, 0.25) is 0 Å². The first-order chi connectivity index (χ1) is 16.5. The number of nitrogens with zero attached hydrogens (tertiary/aromatic N) is 2. The Balaban J connectivity index is 1.34. The van der Waals surface area contributed by atoms with Crippen LogP contribution in [0.4, 0.5) is 24.5 Å². The lowest BCUT2D eigenvalue weighted by molar-refractivity contribution is -0.138. The number of allylic oxidation sites excluding steroid dienone is 1. The topological polar surface area (TPSA) is 116 Å². The Morgan fingerprint density at radius 3 is 2.51 bits per heavy atom. The highest BCUT2D eigenvalue weighted by molar-refractivity contribution is 9.10. The van der Waals surface area contributed by atoms with Crippen LogP contribution >= 0.6 is 15.9 Å². The van der Waals surface area contributed by atoms with Gasteiger partial charge in [-0.1, -0.05) is 15.9 Å². The summed E-state index contributed by atoms with van der Waals surface area (Å²) < 4.78 is 40.2. The zero-order valence-corrected chi connectivity index (χ0v) is 19.8. The molecule has 4 rings (SSSR count). The third-order valence-corrected chi connectivity index (χ3v) is 6.14. The number of amides is 2. The fourth-order valence-electron chi connectivity index (χ4n) is 3.47. The van der Waals surface area contributed by atoms with Crippen molar-refractivity contribution in [2.45, 2.75) is 36.7 Å². The zero-order valence-electron chi connectivity index (χ0n) is 18.2. The molecule has 1 fully saturated rings. The minimum atomic E-state index is -4.53. The molecule has 0 radical (unpaired) electrons. The van der Waals surface area contributed by atoms with Gasteiger partial charge in [-0.3, -0.25) is 19.6 Å². The van der Waals surface area contributed by atoms with Crippen LogP contribution in [0.3, 0.4) is 0 Å². The van der Waals surface area contributed by atoms with Crippen LogP contribution < -0.4 is 16.0 Å². The Morgan fingerprint density at radius 1 is 1.14 bits per heavy atom. The van der Waals surface area contributed by atoms with E-state index in [1.807, 2.05) is 0 Å². The standard InChI is InChI=1S/C23H21BrF3N5O3/c24-14-2-5-18(17(10-14)23(25,26)27)31-16-4-3-15(29-12-16)11-30-19(33)21(7-8-21)32-20(34)22(35)6-1-9-28-13-22/h1-6,9-10,12,31,35H,7-8,11,13H2,(H,30,33)(H,32,34). The monoisotopic (exact) mass is 551 g/mol. The molecule has 12 heteroatoms. The maximum Gasteiger partial charge on any atom is 0.418 e. The van der Waals surface area contributed by atoms with Crippen molar-refractivity contribution in [3.05, 3.63) is 64.4 Å². The van der Waals surface area contributed by atoms with Gasteiger partial charge in [-0.05, 0) is 55.3 Å². The average Bonchev–Trinajstić information content (AvgIpc) is 3.60. The van der Waals surface area contributed by atoms with Crippen LogP contribution in [-0.4, -0.2) is 45.8 Å². The fraction of sp³-hybridized carbons (Fsp3) is 0.304. The van der Waals surface area contributed by atoms with Crippen LogP contribution in [-0.2, 0) is 22.3 Å². The van der Waals surface area contributed by atoms with Gasteiger partial charge < -0.3 is 21.1 Å². The van der Waals surface area contributed by atoms with Gasteiger partial charge >= 0.3 is 6.18 Å². The number of hydrogen-bond acceptors (Lipinski definition) is 6. The number of alkyl halides is 3. The molecule has 1 aliphatic carbocycles. The predicted octanol–water partition coefficient (Wildman–Crippen LogP) is 3.24. The van der Waals surface area contributed by atoms with Gasteiger partial charge in [0.15, 0.2) is 5.60 Å². The molecular weight excluding hydrogens is 531 g/mol. The van der Waals surface area contributed by atoms with Gasteiger partial charge in [0.25, 0.3) is 5.91 Å². The third-order valence-electron chi connectivity index (χ3n) is 5.65. The van der Waals surface area contributed by atoms with Crippen molar-refractivity contribution in [1.82, 2.24) is 15.6 Å². The van der Waals surface area contributed by atoms with Crippen LogP contribution in [0.25, 0.3) is 0 Å². The first kappa shape index (κ1) is 24.9. The van der Waals surface area contributed by atoms with Gasteiger partial charge in [-0.2, -0.15) is 13.2 Å². The second kappa shape index (κ2) is 9.42. The highest BCUT2D eigenvalue weighted by atomic mass is 79.9. The smallest absolute Gasteiger partial charge is 0.374 e. The summed E-state index contributed by atoms with van der Waals surface area (Å²) in [7, 11) is 0. The van der Waals surface area contributed by atoms with Crippen molar-refractivity contribution in [2.24, 2.45) is 4.99 Å². The Labute approximate surface area is 206 Å². The molecule has 2 heterocycles. The molecule has 1 unspecified atom stereocenters. The molecule has 184 valence electrons. The lowest BCUT2D eigenvalue weighted by Gasteiger charge is -2.26. The average molecular weight is 552 g/mol. The Kier molecular flexibility index (Phi) is 6.69. The summed E-state index contributed by atoms with van der Waals surface area (Å²) in [4.78, 5) is 33.2. The number of anilines is 2. The summed E-state index contributed by atoms with van der Waals surface area (Å²) in [6, 6.07) is 6.92. The van der Waals surface area contributed by atoms with E-state index in [4.69, 9.17) is 0 Å². The van der Waals surface area contributed by atoms with E-state index in [0.29, 0.717) is 28.7 Å². The summed E-state index contributed by atoms with van der Waals surface area (Å²) in [5.41, 5.74) is -3.01. The van der Waals surface area contributed by atoms with Gasteiger partial charge in [0.1, 0.15) is 5.54 Å². The van der Waals surface area contributed by atoms with E-state index < -0.39 is 34.7 Å². The third kappa shape index (κ3) is 5.70. The number of halogens is 4. The van der Waals surface area contributed by atoms with Gasteiger partial charge in [-0.15, -0.1) is 0 Å². The number of benzene rings is 1. The van der Waals surface area contributed by atoms with Crippen LogP contribution in [0.5, 0.6) is 0 Å². The van der Waals surface area contributed by atoms with E-state index in [1.54, 1.807) is 12.1 Å². The number of carbonyl (C=O) groups is 2. The number of aliphatic imine (C=N–C) groups is 1. The second-order valence-corrected chi connectivity index (χ2v) is 9.26. The molecule has 0 bridgehead atoms. The fourth-order valence-corrected chi connectivity index (χ4v) is 3.83. The van der Waals surface area contributed by atoms with Gasteiger partial charge in [0, 0.05) is 10.7 Å². The normalized spacial score (nSPS) is 20.3. The molecule has 0 spiro atoms. The van der Waals surface area contributed by atoms with Crippen LogP contribution in [0, 0.1) is 0 Å². The van der Waals surface area contributed by atoms with Gasteiger partial charge in [0.2, 0.25) is 5.91 Å². The lowest BCUT2D eigenvalue weighted by atomic mass is 10.00. The molecule has 1 aliphatic heterocycles. The summed E-state index contributed by atoms with van der Waals surface area (Å²) >= 11 is 3.05. The molecule has 4 N–H and O–H groups in total. The number of pyridine rings is 1. The SMILES string of the molecule is O=C(NC1(C(=O)NCc2ccc(Nc3ccc(Br)cc3C(F)(F)F)cn2)CC1)C1(O)C=CC=NC1. The number of rotatable bonds is 7. The minimum absolute atomic E-state index is 0.0529. The van der Waals surface area contributed by atoms with E-state index in [9.17, 15) is 27.9 Å². The highest BCUT2D eigenvalue weighted by Crippen LogP contribution is 2.38. The summed E-state index contributed by atoms with van der Waals surface area (Å²) in [5, 5.41) is 18.4. The van der Waals surface area contributed by atoms with Crippen molar-refractivity contribution in [3.8, 4) is 0 Å².